The van der Waals surface area contributed by atoms with E-state index in [1.165, 1.54) is 24.1 Å². The first-order valence-electron chi connectivity index (χ1n) is 13.2. The largest absolute Gasteiger partial charge is 0.497 e. The smallest absolute Gasteiger partial charge is 0.264 e. The van der Waals surface area contributed by atoms with Crippen LogP contribution in [0, 0.1) is 6.92 Å². The molecule has 0 aliphatic carbocycles. The minimum absolute atomic E-state index is 0.0126. The van der Waals surface area contributed by atoms with Crippen LogP contribution in [0.1, 0.15) is 37.8 Å². The first-order valence-corrected chi connectivity index (χ1v) is 15.0. The average molecular weight is 586 g/mol. The molecule has 2 amide bonds. The van der Waals surface area contributed by atoms with Crippen molar-refractivity contribution < 1.29 is 22.7 Å². The van der Waals surface area contributed by atoms with Crippen molar-refractivity contribution >= 4 is 39.1 Å². The number of nitrogens with one attached hydrogen (secondary N) is 1. The first kappa shape index (κ1) is 31.0. The predicted molar refractivity (Wildman–Crippen MR) is 158 cm³/mol. The van der Waals surface area contributed by atoms with E-state index in [0.29, 0.717) is 29.4 Å². The van der Waals surface area contributed by atoms with E-state index in [1.807, 2.05) is 20.8 Å². The summed E-state index contributed by atoms with van der Waals surface area (Å²) in [4.78, 5) is 28.6. The molecule has 8 nitrogen and oxygen atoms in total. The zero-order valence-corrected chi connectivity index (χ0v) is 24.8. The summed E-state index contributed by atoms with van der Waals surface area (Å²) in [6, 6.07) is 19.1. The van der Waals surface area contributed by atoms with Gasteiger partial charge >= 0.3 is 0 Å². The molecule has 40 heavy (non-hydrogen) atoms. The minimum atomic E-state index is -4.15. The van der Waals surface area contributed by atoms with Crippen molar-refractivity contribution in [3.05, 3.63) is 88.9 Å². The number of halogens is 1. The van der Waals surface area contributed by atoms with Crippen molar-refractivity contribution in [3.8, 4) is 5.75 Å². The fourth-order valence-corrected chi connectivity index (χ4v) is 5.73. The lowest BCUT2D eigenvalue weighted by Crippen LogP contribution is -2.52. The van der Waals surface area contributed by atoms with E-state index in [-0.39, 0.29) is 17.3 Å². The highest BCUT2D eigenvalue weighted by atomic mass is 35.5. The van der Waals surface area contributed by atoms with Gasteiger partial charge in [-0.1, -0.05) is 55.3 Å². The summed E-state index contributed by atoms with van der Waals surface area (Å²) in [5.74, 6) is -0.285. The molecule has 0 saturated heterocycles. The van der Waals surface area contributed by atoms with Crippen LogP contribution in [0.5, 0.6) is 5.75 Å². The van der Waals surface area contributed by atoms with Gasteiger partial charge in [0.25, 0.3) is 10.0 Å². The summed E-state index contributed by atoms with van der Waals surface area (Å²) in [5, 5.41) is 3.42. The van der Waals surface area contributed by atoms with Crippen molar-refractivity contribution in [1.29, 1.82) is 0 Å². The van der Waals surface area contributed by atoms with Crippen LogP contribution in [0.3, 0.4) is 0 Å². The van der Waals surface area contributed by atoms with E-state index in [4.69, 9.17) is 16.3 Å². The number of ether oxygens (including phenoxy) is 1. The summed E-state index contributed by atoms with van der Waals surface area (Å²) in [7, 11) is -2.66. The third-order valence-electron chi connectivity index (χ3n) is 6.45. The Balaban J connectivity index is 2.04. The van der Waals surface area contributed by atoms with Crippen LogP contribution in [0.2, 0.25) is 5.02 Å². The van der Waals surface area contributed by atoms with Gasteiger partial charge in [0.05, 0.1) is 17.7 Å². The molecule has 0 aliphatic rings. The third kappa shape index (κ3) is 7.76. The Labute approximate surface area is 241 Å². The average Bonchev–Trinajstić information content (AvgIpc) is 2.96. The Morgan fingerprint density at radius 2 is 1.57 bits per heavy atom. The van der Waals surface area contributed by atoms with Crippen molar-refractivity contribution in [2.24, 2.45) is 0 Å². The molecule has 0 spiro atoms. The number of anilines is 1. The molecular formula is C30H36ClN3O5S. The maximum Gasteiger partial charge on any atom is 0.264 e. The first-order chi connectivity index (χ1) is 19.1. The number of nitrogens with zero attached hydrogens (tertiary/aromatic N) is 2. The third-order valence-corrected chi connectivity index (χ3v) is 8.49. The van der Waals surface area contributed by atoms with Gasteiger partial charge in [-0.15, -0.1) is 0 Å². The number of hydrogen-bond donors (Lipinski definition) is 1. The lowest BCUT2D eigenvalue weighted by atomic mass is 10.1. The Morgan fingerprint density at radius 1 is 0.950 bits per heavy atom. The van der Waals surface area contributed by atoms with Gasteiger partial charge in [-0.05, 0) is 73.9 Å². The molecule has 1 atom stereocenters. The summed E-state index contributed by atoms with van der Waals surface area (Å²) in [6.45, 7) is 5.75. The molecule has 0 bridgehead atoms. The highest BCUT2D eigenvalue weighted by molar-refractivity contribution is 7.92. The Bertz CT molecular complexity index is 1380. The molecule has 10 heteroatoms. The van der Waals surface area contributed by atoms with Crippen LogP contribution in [-0.4, -0.2) is 51.4 Å². The van der Waals surface area contributed by atoms with Crippen LogP contribution >= 0.6 is 11.6 Å². The molecule has 0 aromatic heterocycles. The van der Waals surface area contributed by atoms with Crippen molar-refractivity contribution in [1.82, 2.24) is 10.2 Å². The van der Waals surface area contributed by atoms with E-state index >= 15 is 0 Å². The van der Waals surface area contributed by atoms with E-state index in [0.717, 1.165) is 21.9 Å². The molecule has 0 radical (unpaired) electrons. The Morgan fingerprint density at radius 3 is 2.12 bits per heavy atom. The molecule has 0 saturated carbocycles. The highest BCUT2D eigenvalue weighted by Gasteiger charge is 2.33. The zero-order valence-electron chi connectivity index (χ0n) is 23.3. The molecule has 0 heterocycles. The maximum absolute atomic E-state index is 14.0. The van der Waals surface area contributed by atoms with Gasteiger partial charge in [0.2, 0.25) is 11.8 Å². The lowest BCUT2D eigenvalue weighted by molar-refractivity contribution is -0.140. The summed E-state index contributed by atoms with van der Waals surface area (Å²) >= 11 is 6.06. The number of hydrogen-bond acceptors (Lipinski definition) is 5. The van der Waals surface area contributed by atoms with Gasteiger partial charge < -0.3 is 15.0 Å². The fraction of sp³-hybridized carbons (Fsp3) is 0.333. The second-order valence-corrected chi connectivity index (χ2v) is 11.7. The highest BCUT2D eigenvalue weighted by Crippen LogP contribution is 2.26. The number of sulfonamides is 1. The zero-order chi connectivity index (χ0) is 29.3. The van der Waals surface area contributed by atoms with Crippen molar-refractivity contribution in [2.45, 2.75) is 51.1 Å². The monoisotopic (exact) mass is 585 g/mol. The Hall–Kier alpha value is -3.56. The number of aryl methyl sites for hydroxylation is 1. The molecule has 3 aromatic carbocycles. The van der Waals surface area contributed by atoms with E-state index in [9.17, 15) is 18.0 Å². The molecule has 0 fully saturated rings. The lowest BCUT2D eigenvalue weighted by Gasteiger charge is -2.33. The molecule has 1 N–H and O–H groups in total. The summed E-state index contributed by atoms with van der Waals surface area (Å²) < 4.78 is 34.1. The van der Waals surface area contributed by atoms with Gasteiger partial charge in [-0.2, -0.15) is 0 Å². The predicted octanol–water partition coefficient (Wildman–Crippen LogP) is 5.19. The normalized spacial score (nSPS) is 11.9. The van der Waals surface area contributed by atoms with Crippen molar-refractivity contribution in [3.63, 3.8) is 0 Å². The fourth-order valence-electron chi connectivity index (χ4n) is 4.19. The van der Waals surface area contributed by atoms with Crippen LogP contribution < -0.4 is 14.4 Å². The molecule has 0 aliphatic heterocycles. The SMILES string of the molecule is CCCNC(=O)[C@@H](CC)N(Cc1ccc(Cl)cc1)C(=O)CN(c1ccc(C)cc1)S(=O)(=O)c1ccc(OC)cc1. The topological polar surface area (TPSA) is 96.0 Å². The molecule has 3 aromatic rings. The Kier molecular flexibility index (Phi) is 11.0. The van der Waals surface area contributed by atoms with Crippen LogP contribution in [0.15, 0.2) is 77.7 Å². The molecule has 214 valence electrons. The van der Waals surface area contributed by atoms with Gasteiger partial charge in [-0.3, -0.25) is 13.9 Å². The standard InChI is InChI=1S/C30H36ClN3O5S/c1-5-19-32-30(36)28(6-2)33(20-23-9-11-24(31)12-10-23)29(35)21-34(25-13-7-22(3)8-14-25)40(37,38)27-17-15-26(39-4)16-18-27/h7-18,28H,5-6,19-21H2,1-4H3,(H,32,36)/t28-/m1/s1. The molecular weight excluding hydrogens is 550 g/mol. The maximum atomic E-state index is 14.0. The van der Waals surface area contributed by atoms with Crippen LogP contribution in [-0.2, 0) is 26.2 Å². The number of carbonyl (C=O) groups is 2. The van der Waals surface area contributed by atoms with Crippen LogP contribution in [0.4, 0.5) is 5.69 Å². The van der Waals surface area contributed by atoms with E-state index in [1.54, 1.807) is 60.7 Å². The summed E-state index contributed by atoms with van der Waals surface area (Å²) in [5.41, 5.74) is 2.05. The van der Waals surface area contributed by atoms with Crippen molar-refractivity contribution in [2.75, 3.05) is 24.5 Å². The van der Waals surface area contributed by atoms with Gasteiger partial charge in [0.15, 0.2) is 0 Å². The van der Waals surface area contributed by atoms with E-state index in [2.05, 4.69) is 5.32 Å². The van der Waals surface area contributed by atoms with Gasteiger partial charge in [0, 0.05) is 18.1 Å². The minimum Gasteiger partial charge on any atom is -0.497 e. The number of rotatable bonds is 13. The number of amides is 2. The number of methoxy groups -OCH3 is 1. The number of benzene rings is 3. The second-order valence-electron chi connectivity index (χ2n) is 9.39. The molecule has 3 rings (SSSR count). The van der Waals surface area contributed by atoms with E-state index < -0.39 is 28.5 Å². The van der Waals surface area contributed by atoms with Gasteiger partial charge in [-0.25, -0.2) is 8.42 Å². The van der Waals surface area contributed by atoms with Gasteiger partial charge in [0.1, 0.15) is 18.3 Å². The van der Waals surface area contributed by atoms with Crippen LogP contribution in [0.25, 0.3) is 0 Å². The quantitative estimate of drug-likeness (QED) is 0.298. The molecule has 0 unspecified atom stereocenters. The second kappa shape index (κ2) is 14.2. The summed E-state index contributed by atoms with van der Waals surface area (Å²) in [6.07, 6.45) is 1.10. The number of carbonyl (C=O) groups excluding carboxylic acids is 2.